The fraction of sp³-hybridized carbons (Fsp3) is 0.333. The van der Waals surface area contributed by atoms with Crippen molar-refractivity contribution in [3.63, 3.8) is 0 Å². The average Bonchev–Trinajstić information content (AvgIpc) is 2.99. The standard InChI is InChI=1S/C15H15NO3S/c1-15(2)7-9-5-4-6-10(12(9)19-15)13-16-8-11(20-13)14(17)18-3/h4-6,8H,7H2,1-3H3. The summed E-state index contributed by atoms with van der Waals surface area (Å²) < 4.78 is 10.7. The summed E-state index contributed by atoms with van der Waals surface area (Å²) in [5.74, 6) is 0.519. The van der Waals surface area contributed by atoms with E-state index in [2.05, 4.69) is 24.9 Å². The van der Waals surface area contributed by atoms with Gasteiger partial charge < -0.3 is 9.47 Å². The van der Waals surface area contributed by atoms with Crippen LogP contribution in [0.4, 0.5) is 0 Å². The number of para-hydroxylation sites is 1. The molecule has 0 unspecified atom stereocenters. The van der Waals surface area contributed by atoms with E-state index in [9.17, 15) is 4.79 Å². The van der Waals surface area contributed by atoms with Gasteiger partial charge in [0.1, 0.15) is 21.2 Å². The summed E-state index contributed by atoms with van der Waals surface area (Å²) in [5.41, 5.74) is 1.93. The van der Waals surface area contributed by atoms with Crippen molar-refractivity contribution < 1.29 is 14.3 Å². The number of carbonyl (C=O) groups is 1. The van der Waals surface area contributed by atoms with Crippen LogP contribution < -0.4 is 4.74 Å². The number of methoxy groups -OCH3 is 1. The van der Waals surface area contributed by atoms with E-state index >= 15 is 0 Å². The molecule has 0 fully saturated rings. The van der Waals surface area contributed by atoms with Crippen LogP contribution in [0, 0.1) is 0 Å². The molecule has 2 heterocycles. The van der Waals surface area contributed by atoms with Crippen molar-refractivity contribution in [3.05, 3.63) is 34.8 Å². The van der Waals surface area contributed by atoms with Gasteiger partial charge >= 0.3 is 5.97 Å². The van der Waals surface area contributed by atoms with Gasteiger partial charge in [0.25, 0.3) is 0 Å². The maximum absolute atomic E-state index is 11.5. The van der Waals surface area contributed by atoms with E-state index in [4.69, 9.17) is 9.47 Å². The zero-order valence-electron chi connectivity index (χ0n) is 11.6. The lowest BCUT2D eigenvalue weighted by atomic mass is 10.0. The molecule has 20 heavy (non-hydrogen) atoms. The highest BCUT2D eigenvalue weighted by Gasteiger charge is 2.32. The van der Waals surface area contributed by atoms with Gasteiger partial charge in [-0.05, 0) is 25.5 Å². The Kier molecular flexibility index (Phi) is 3.01. The molecule has 3 rings (SSSR count). The number of hydrogen-bond donors (Lipinski definition) is 0. The average molecular weight is 289 g/mol. The highest BCUT2D eigenvalue weighted by molar-refractivity contribution is 7.16. The normalized spacial score (nSPS) is 15.6. The van der Waals surface area contributed by atoms with E-state index in [-0.39, 0.29) is 11.6 Å². The molecule has 1 aliphatic rings. The van der Waals surface area contributed by atoms with Crippen LogP contribution in [-0.2, 0) is 11.2 Å². The summed E-state index contributed by atoms with van der Waals surface area (Å²) in [6.07, 6.45) is 2.43. The number of thiazole rings is 1. The molecular formula is C15H15NO3S. The Morgan fingerprint density at radius 2 is 2.25 bits per heavy atom. The smallest absolute Gasteiger partial charge is 0.349 e. The number of rotatable bonds is 2. The van der Waals surface area contributed by atoms with Gasteiger partial charge in [-0.1, -0.05) is 12.1 Å². The predicted octanol–water partition coefficient (Wildman–Crippen LogP) is 3.31. The third-order valence-corrected chi connectivity index (χ3v) is 4.22. The summed E-state index contributed by atoms with van der Waals surface area (Å²) in [7, 11) is 1.37. The molecule has 0 radical (unpaired) electrons. The lowest BCUT2D eigenvalue weighted by Gasteiger charge is -2.17. The maximum Gasteiger partial charge on any atom is 0.349 e. The SMILES string of the molecule is COC(=O)c1cnc(-c2cccc3c2OC(C)(C)C3)s1. The molecule has 4 nitrogen and oxygen atoms in total. The van der Waals surface area contributed by atoms with Crippen LogP contribution in [0.15, 0.2) is 24.4 Å². The lowest BCUT2D eigenvalue weighted by Crippen LogP contribution is -2.24. The zero-order chi connectivity index (χ0) is 14.3. The Balaban J connectivity index is 2.03. The summed E-state index contributed by atoms with van der Waals surface area (Å²) in [5, 5.41) is 0.778. The van der Waals surface area contributed by atoms with Crippen molar-refractivity contribution >= 4 is 17.3 Å². The minimum absolute atomic E-state index is 0.194. The highest BCUT2D eigenvalue weighted by Crippen LogP contribution is 2.43. The molecule has 1 aliphatic heterocycles. The number of carbonyl (C=O) groups excluding carboxylic acids is 1. The monoisotopic (exact) mass is 289 g/mol. The molecule has 0 amide bonds. The van der Waals surface area contributed by atoms with Crippen LogP contribution in [0.2, 0.25) is 0 Å². The summed E-state index contributed by atoms with van der Waals surface area (Å²) in [6, 6.07) is 6.04. The molecule has 104 valence electrons. The zero-order valence-corrected chi connectivity index (χ0v) is 12.4. The van der Waals surface area contributed by atoms with Crippen molar-refractivity contribution in [1.29, 1.82) is 0 Å². The van der Waals surface area contributed by atoms with E-state index in [1.807, 2.05) is 12.1 Å². The lowest BCUT2D eigenvalue weighted by molar-refractivity contribution is 0.0606. The Morgan fingerprint density at radius 3 is 3.00 bits per heavy atom. The van der Waals surface area contributed by atoms with Gasteiger partial charge in [-0.2, -0.15) is 0 Å². The fourth-order valence-electron chi connectivity index (χ4n) is 2.38. The first kappa shape index (κ1) is 13.1. The number of benzene rings is 1. The van der Waals surface area contributed by atoms with Crippen molar-refractivity contribution in [3.8, 4) is 16.3 Å². The van der Waals surface area contributed by atoms with E-state index < -0.39 is 0 Å². The number of nitrogens with zero attached hydrogens (tertiary/aromatic N) is 1. The Morgan fingerprint density at radius 1 is 1.45 bits per heavy atom. The van der Waals surface area contributed by atoms with Gasteiger partial charge in [-0.3, -0.25) is 0 Å². The molecule has 5 heteroatoms. The molecule has 0 bridgehead atoms. The highest BCUT2D eigenvalue weighted by atomic mass is 32.1. The maximum atomic E-state index is 11.5. The quantitative estimate of drug-likeness (QED) is 0.796. The van der Waals surface area contributed by atoms with Crippen LogP contribution >= 0.6 is 11.3 Å². The van der Waals surface area contributed by atoms with E-state index in [1.54, 1.807) is 6.20 Å². The molecule has 0 spiro atoms. The van der Waals surface area contributed by atoms with E-state index in [1.165, 1.54) is 24.0 Å². The van der Waals surface area contributed by atoms with Crippen LogP contribution in [0.1, 0.15) is 29.1 Å². The number of fused-ring (bicyclic) bond motifs is 1. The van der Waals surface area contributed by atoms with Crippen molar-refractivity contribution in [2.45, 2.75) is 25.9 Å². The minimum Gasteiger partial charge on any atom is -0.486 e. The van der Waals surface area contributed by atoms with Crippen LogP contribution in [0.5, 0.6) is 5.75 Å². The minimum atomic E-state index is -0.359. The van der Waals surface area contributed by atoms with Gasteiger partial charge in [0.15, 0.2) is 0 Å². The van der Waals surface area contributed by atoms with E-state index in [0.717, 1.165) is 22.7 Å². The molecule has 0 saturated heterocycles. The largest absolute Gasteiger partial charge is 0.486 e. The predicted molar refractivity (Wildman–Crippen MR) is 77.3 cm³/mol. The third-order valence-electron chi connectivity index (χ3n) is 3.21. The number of aromatic nitrogens is 1. The fourth-order valence-corrected chi connectivity index (χ4v) is 3.23. The van der Waals surface area contributed by atoms with Crippen LogP contribution in [0.3, 0.4) is 0 Å². The summed E-state index contributed by atoms with van der Waals surface area (Å²) >= 11 is 1.32. The summed E-state index contributed by atoms with van der Waals surface area (Å²) in [6.45, 7) is 4.14. The second kappa shape index (κ2) is 4.59. The number of esters is 1. The van der Waals surface area contributed by atoms with Gasteiger partial charge in [0, 0.05) is 6.42 Å². The van der Waals surface area contributed by atoms with Crippen molar-refractivity contribution in [1.82, 2.24) is 4.98 Å². The van der Waals surface area contributed by atoms with Crippen molar-refractivity contribution in [2.24, 2.45) is 0 Å². The Hall–Kier alpha value is -1.88. The Bertz CT molecular complexity index is 676. The molecular weight excluding hydrogens is 274 g/mol. The van der Waals surface area contributed by atoms with Gasteiger partial charge in [-0.25, -0.2) is 9.78 Å². The first-order valence-electron chi connectivity index (χ1n) is 6.35. The summed E-state index contributed by atoms with van der Waals surface area (Å²) in [4.78, 5) is 16.3. The molecule has 2 aromatic rings. The van der Waals surface area contributed by atoms with Gasteiger partial charge in [0.05, 0.1) is 18.9 Å². The topological polar surface area (TPSA) is 48.4 Å². The third kappa shape index (κ3) is 2.18. The first-order chi connectivity index (χ1) is 9.50. The van der Waals surface area contributed by atoms with Crippen LogP contribution in [0.25, 0.3) is 10.6 Å². The van der Waals surface area contributed by atoms with Crippen LogP contribution in [-0.4, -0.2) is 23.7 Å². The Labute approximate surface area is 121 Å². The molecule has 1 aromatic heterocycles. The second-order valence-electron chi connectivity index (χ2n) is 5.35. The number of ether oxygens (including phenoxy) is 2. The first-order valence-corrected chi connectivity index (χ1v) is 7.17. The molecule has 0 aliphatic carbocycles. The second-order valence-corrected chi connectivity index (χ2v) is 6.38. The van der Waals surface area contributed by atoms with Gasteiger partial charge in [0.2, 0.25) is 0 Å². The molecule has 0 atom stereocenters. The van der Waals surface area contributed by atoms with Crippen molar-refractivity contribution in [2.75, 3.05) is 7.11 Å². The molecule has 0 N–H and O–H groups in total. The molecule has 1 aromatic carbocycles. The molecule has 0 saturated carbocycles. The van der Waals surface area contributed by atoms with E-state index in [0.29, 0.717) is 4.88 Å². The number of hydrogen-bond acceptors (Lipinski definition) is 5. The van der Waals surface area contributed by atoms with Gasteiger partial charge in [-0.15, -0.1) is 11.3 Å².